The van der Waals surface area contributed by atoms with Crippen molar-refractivity contribution in [1.29, 1.82) is 0 Å². The summed E-state index contributed by atoms with van der Waals surface area (Å²) in [5, 5.41) is 3.59. The smallest absolute Gasteiger partial charge is 0.261 e. The summed E-state index contributed by atoms with van der Waals surface area (Å²) in [6.07, 6.45) is 2.18. The lowest BCUT2D eigenvalue weighted by atomic mass is 10.0. The van der Waals surface area contributed by atoms with Crippen molar-refractivity contribution in [1.82, 2.24) is 4.90 Å². The maximum atomic E-state index is 12.8. The van der Waals surface area contributed by atoms with E-state index < -0.39 is 10.0 Å². The molecule has 1 fully saturated rings. The Bertz CT molecular complexity index is 906. The standard InChI is InChI=1S/C22H31N3O2S.ClH/c1-16(2)18-6-9-21(10-7-18)28(26,27)24-20-8-5-17(3)22(15-20)23-19-11-13-25(4)14-12-19;/h5-10,15-16,19,23-24H,11-14H2,1-4H3;1H. The lowest BCUT2D eigenvalue weighted by Crippen LogP contribution is -2.36. The molecule has 1 heterocycles. The largest absolute Gasteiger partial charge is 0.382 e. The predicted molar refractivity (Wildman–Crippen MR) is 124 cm³/mol. The number of piperidine rings is 1. The second-order valence-electron chi connectivity index (χ2n) is 8.08. The molecule has 0 bridgehead atoms. The van der Waals surface area contributed by atoms with Crippen LogP contribution in [-0.2, 0) is 10.0 Å². The molecule has 29 heavy (non-hydrogen) atoms. The van der Waals surface area contributed by atoms with Crippen molar-refractivity contribution in [3.63, 3.8) is 0 Å². The third-order valence-electron chi connectivity index (χ3n) is 5.43. The zero-order valence-corrected chi connectivity index (χ0v) is 19.2. The molecule has 2 aromatic carbocycles. The molecule has 7 heteroatoms. The van der Waals surface area contributed by atoms with Gasteiger partial charge < -0.3 is 10.2 Å². The molecule has 0 aromatic heterocycles. The number of nitrogens with zero attached hydrogens (tertiary/aromatic N) is 1. The van der Waals surface area contributed by atoms with Gasteiger partial charge in [0.25, 0.3) is 10.0 Å². The third kappa shape index (κ3) is 6.11. The molecule has 0 spiro atoms. The minimum atomic E-state index is -3.61. The van der Waals surface area contributed by atoms with Crippen molar-refractivity contribution in [2.45, 2.75) is 50.5 Å². The van der Waals surface area contributed by atoms with E-state index in [2.05, 4.69) is 35.8 Å². The van der Waals surface area contributed by atoms with E-state index in [1.165, 1.54) is 0 Å². The number of rotatable bonds is 6. The van der Waals surface area contributed by atoms with Crippen LogP contribution < -0.4 is 10.0 Å². The first kappa shape index (κ1) is 23.5. The fraction of sp³-hybridized carbons (Fsp3) is 0.455. The van der Waals surface area contributed by atoms with Crippen LogP contribution in [0.3, 0.4) is 0 Å². The summed E-state index contributed by atoms with van der Waals surface area (Å²) in [5.41, 5.74) is 3.81. The molecule has 5 nitrogen and oxygen atoms in total. The van der Waals surface area contributed by atoms with Crippen LogP contribution in [0.15, 0.2) is 47.4 Å². The molecule has 1 aliphatic heterocycles. The Morgan fingerprint density at radius 1 is 1.03 bits per heavy atom. The van der Waals surface area contributed by atoms with Crippen LogP contribution in [0.1, 0.15) is 43.7 Å². The van der Waals surface area contributed by atoms with Gasteiger partial charge in [-0.1, -0.05) is 32.0 Å². The highest BCUT2D eigenvalue weighted by Crippen LogP contribution is 2.26. The highest BCUT2D eigenvalue weighted by molar-refractivity contribution is 7.92. The van der Waals surface area contributed by atoms with Gasteiger partial charge in [-0.2, -0.15) is 0 Å². The van der Waals surface area contributed by atoms with Gasteiger partial charge in [-0.15, -0.1) is 12.4 Å². The third-order valence-corrected chi connectivity index (χ3v) is 6.82. The topological polar surface area (TPSA) is 61.4 Å². The van der Waals surface area contributed by atoms with Crippen molar-refractivity contribution >= 4 is 33.8 Å². The minimum absolute atomic E-state index is 0. The number of nitrogens with one attached hydrogen (secondary N) is 2. The number of likely N-dealkylation sites (tertiary alicyclic amines) is 1. The van der Waals surface area contributed by atoms with E-state index in [9.17, 15) is 8.42 Å². The maximum Gasteiger partial charge on any atom is 0.261 e. The number of sulfonamides is 1. The zero-order chi connectivity index (χ0) is 20.3. The lowest BCUT2D eigenvalue weighted by Gasteiger charge is -2.30. The minimum Gasteiger partial charge on any atom is -0.382 e. The van der Waals surface area contributed by atoms with Crippen molar-refractivity contribution in [2.75, 3.05) is 30.2 Å². The average Bonchev–Trinajstić information content (AvgIpc) is 2.66. The Labute approximate surface area is 181 Å². The highest BCUT2D eigenvalue weighted by Gasteiger charge is 2.18. The summed E-state index contributed by atoms with van der Waals surface area (Å²) in [6, 6.07) is 13.2. The van der Waals surface area contributed by atoms with Crippen LogP contribution in [0, 0.1) is 6.92 Å². The first-order valence-electron chi connectivity index (χ1n) is 9.93. The van der Waals surface area contributed by atoms with Gasteiger partial charge in [0.1, 0.15) is 0 Å². The number of anilines is 2. The van der Waals surface area contributed by atoms with Crippen molar-refractivity contribution < 1.29 is 8.42 Å². The number of benzene rings is 2. The monoisotopic (exact) mass is 437 g/mol. The summed E-state index contributed by atoms with van der Waals surface area (Å²) in [4.78, 5) is 2.61. The molecule has 0 saturated carbocycles. The molecule has 0 amide bonds. The summed E-state index contributed by atoms with van der Waals surface area (Å²) in [7, 11) is -1.47. The van der Waals surface area contributed by atoms with Gasteiger partial charge >= 0.3 is 0 Å². The molecule has 160 valence electrons. The normalized spacial score (nSPS) is 15.8. The summed E-state index contributed by atoms with van der Waals surface area (Å²) >= 11 is 0. The molecule has 3 rings (SSSR count). The van der Waals surface area contributed by atoms with Crippen LogP contribution in [0.5, 0.6) is 0 Å². The molecule has 0 aliphatic carbocycles. The Hall–Kier alpha value is -1.76. The predicted octanol–water partition coefficient (Wildman–Crippen LogP) is 4.85. The molecule has 2 aromatic rings. The van der Waals surface area contributed by atoms with E-state index in [1.54, 1.807) is 12.1 Å². The molecule has 2 N–H and O–H groups in total. The van der Waals surface area contributed by atoms with Gasteiger partial charge in [-0.05, 0) is 81.2 Å². The Morgan fingerprint density at radius 3 is 2.24 bits per heavy atom. The summed E-state index contributed by atoms with van der Waals surface area (Å²) in [6.45, 7) is 8.38. The van der Waals surface area contributed by atoms with E-state index in [0.717, 1.165) is 42.7 Å². The van der Waals surface area contributed by atoms with E-state index in [1.807, 2.05) is 37.3 Å². The maximum absolute atomic E-state index is 12.8. The molecule has 0 atom stereocenters. The lowest BCUT2D eigenvalue weighted by molar-refractivity contribution is 0.264. The van der Waals surface area contributed by atoms with Crippen molar-refractivity contribution in [3.8, 4) is 0 Å². The van der Waals surface area contributed by atoms with Crippen LogP contribution >= 0.6 is 12.4 Å². The van der Waals surface area contributed by atoms with E-state index in [-0.39, 0.29) is 17.3 Å². The number of halogens is 1. The zero-order valence-electron chi connectivity index (χ0n) is 17.6. The first-order valence-corrected chi connectivity index (χ1v) is 11.4. The quantitative estimate of drug-likeness (QED) is 0.678. The van der Waals surface area contributed by atoms with Crippen molar-refractivity contribution in [2.24, 2.45) is 0 Å². The van der Waals surface area contributed by atoms with Crippen LogP contribution in [0.2, 0.25) is 0 Å². The molecular weight excluding hydrogens is 406 g/mol. The molecule has 0 unspecified atom stereocenters. The van der Waals surface area contributed by atoms with Gasteiger partial charge in [-0.25, -0.2) is 8.42 Å². The molecular formula is C22H32ClN3O2S. The molecule has 1 aliphatic rings. The SMILES string of the molecule is Cc1ccc(NS(=O)(=O)c2ccc(C(C)C)cc2)cc1NC1CCN(C)CC1.Cl. The fourth-order valence-electron chi connectivity index (χ4n) is 3.46. The second-order valence-corrected chi connectivity index (χ2v) is 9.76. The Morgan fingerprint density at radius 2 is 1.66 bits per heavy atom. The van der Waals surface area contributed by atoms with Crippen LogP contribution in [0.25, 0.3) is 0 Å². The second kappa shape index (κ2) is 9.83. The Kier molecular flexibility index (Phi) is 7.97. The van der Waals surface area contributed by atoms with Crippen LogP contribution in [-0.4, -0.2) is 39.5 Å². The fourth-order valence-corrected chi connectivity index (χ4v) is 4.51. The van der Waals surface area contributed by atoms with Gasteiger partial charge in [0, 0.05) is 11.7 Å². The molecule has 1 saturated heterocycles. The van der Waals surface area contributed by atoms with Gasteiger partial charge in [0.15, 0.2) is 0 Å². The van der Waals surface area contributed by atoms with E-state index >= 15 is 0 Å². The highest BCUT2D eigenvalue weighted by atomic mass is 35.5. The first-order chi connectivity index (χ1) is 13.2. The number of aryl methyl sites for hydroxylation is 1. The summed E-state index contributed by atoms with van der Waals surface area (Å²) < 4.78 is 28.3. The van der Waals surface area contributed by atoms with Gasteiger partial charge in [0.05, 0.1) is 10.6 Å². The van der Waals surface area contributed by atoms with Gasteiger partial charge in [0.2, 0.25) is 0 Å². The number of hydrogen-bond acceptors (Lipinski definition) is 4. The summed E-state index contributed by atoms with van der Waals surface area (Å²) in [5.74, 6) is 0.370. The number of hydrogen-bond donors (Lipinski definition) is 2. The van der Waals surface area contributed by atoms with E-state index in [0.29, 0.717) is 17.6 Å². The molecule has 0 radical (unpaired) electrons. The van der Waals surface area contributed by atoms with Crippen LogP contribution in [0.4, 0.5) is 11.4 Å². The van der Waals surface area contributed by atoms with Crippen molar-refractivity contribution in [3.05, 3.63) is 53.6 Å². The Balaban J connectivity index is 0.00000300. The van der Waals surface area contributed by atoms with E-state index in [4.69, 9.17) is 0 Å². The average molecular weight is 438 g/mol. The van der Waals surface area contributed by atoms with Gasteiger partial charge in [-0.3, -0.25) is 4.72 Å².